The topological polar surface area (TPSA) is 50.7 Å². The van der Waals surface area contributed by atoms with E-state index in [9.17, 15) is 0 Å². The zero-order chi connectivity index (χ0) is 10.1. The molecule has 0 radical (unpaired) electrons. The number of rotatable bonds is 3. The van der Waals surface area contributed by atoms with Crippen LogP contribution in [0.4, 0.5) is 5.82 Å². The quantitative estimate of drug-likeness (QED) is 0.869. The van der Waals surface area contributed by atoms with E-state index < -0.39 is 0 Å². The zero-order valence-electron chi connectivity index (χ0n) is 7.67. The number of nitrogens with one attached hydrogen (secondary N) is 1. The third-order valence-corrected chi connectivity index (χ3v) is 2.84. The second kappa shape index (κ2) is 3.87. The van der Waals surface area contributed by atoms with Gasteiger partial charge in [0.05, 0.1) is 0 Å². The van der Waals surface area contributed by atoms with E-state index in [1.54, 1.807) is 0 Å². The van der Waals surface area contributed by atoms with Crippen molar-refractivity contribution in [3.05, 3.63) is 10.4 Å². The van der Waals surface area contributed by atoms with Crippen LogP contribution >= 0.6 is 23.2 Å². The van der Waals surface area contributed by atoms with Crippen LogP contribution in [0.1, 0.15) is 13.3 Å². The summed E-state index contributed by atoms with van der Waals surface area (Å²) in [5, 5.41) is 10.7. The first-order chi connectivity index (χ1) is 6.66. The Labute approximate surface area is 92.0 Å². The molecule has 2 unspecified atom stereocenters. The van der Waals surface area contributed by atoms with Gasteiger partial charge in [-0.05, 0) is 29.9 Å². The van der Waals surface area contributed by atoms with Crippen LogP contribution in [0.3, 0.4) is 0 Å². The van der Waals surface area contributed by atoms with Gasteiger partial charge >= 0.3 is 0 Å². The minimum absolute atomic E-state index is 0.112. The highest BCUT2D eigenvalue weighted by Crippen LogP contribution is 2.37. The summed E-state index contributed by atoms with van der Waals surface area (Å²) < 4.78 is 0. The molecule has 1 aliphatic rings. The fourth-order valence-corrected chi connectivity index (χ4v) is 1.59. The van der Waals surface area contributed by atoms with E-state index in [1.165, 1.54) is 6.42 Å². The lowest BCUT2D eigenvalue weighted by atomic mass is 10.3. The molecule has 1 aromatic heterocycles. The summed E-state index contributed by atoms with van der Waals surface area (Å²) in [6, 6.07) is 0. The molecule has 1 fully saturated rings. The molecule has 2 rings (SSSR count). The molecule has 1 heterocycles. The molecule has 0 amide bonds. The van der Waals surface area contributed by atoms with E-state index in [1.807, 2.05) is 0 Å². The Hall–Kier alpha value is -0.610. The molecule has 1 aliphatic carbocycles. The van der Waals surface area contributed by atoms with E-state index in [0.29, 0.717) is 5.82 Å². The van der Waals surface area contributed by atoms with Crippen LogP contribution in [0, 0.1) is 11.8 Å². The van der Waals surface area contributed by atoms with Crippen molar-refractivity contribution in [2.45, 2.75) is 13.3 Å². The highest BCUT2D eigenvalue weighted by atomic mass is 35.5. The van der Waals surface area contributed by atoms with Gasteiger partial charge in [-0.15, -0.1) is 10.2 Å². The van der Waals surface area contributed by atoms with E-state index in [-0.39, 0.29) is 10.4 Å². The molecule has 0 aromatic carbocycles. The maximum Gasteiger partial charge on any atom is 0.245 e. The summed E-state index contributed by atoms with van der Waals surface area (Å²) in [5.41, 5.74) is 0. The van der Waals surface area contributed by atoms with Gasteiger partial charge in [0, 0.05) is 6.54 Å². The lowest BCUT2D eigenvalue weighted by Crippen LogP contribution is -2.08. The lowest BCUT2D eigenvalue weighted by molar-refractivity contribution is 0.782. The first kappa shape index (κ1) is 9.93. The fourth-order valence-electron chi connectivity index (χ4n) is 1.32. The summed E-state index contributed by atoms with van der Waals surface area (Å²) >= 11 is 11.4. The molecule has 1 aromatic rings. The highest BCUT2D eigenvalue weighted by molar-refractivity contribution is 6.32. The van der Waals surface area contributed by atoms with Crippen LogP contribution in [0.2, 0.25) is 10.4 Å². The van der Waals surface area contributed by atoms with Crippen LogP contribution in [-0.4, -0.2) is 21.7 Å². The standard InChI is InChI=1S/C8H10Cl2N4/c1-4-2-5(4)3-11-7-6(9)13-14-8(10)12-7/h4-5H,2-3H2,1H3,(H,11,12,14). The molecule has 1 N–H and O–H groups in total. The minimum atomic E-state index is 0.112. The van der Waals surface area contributed by atoms with Crippen LogP contribution in [0.15, 0.2) is 0 Å². The largest absolute Gasteiger partial charge is 0.367 e. The van der Waals surface area contributed by atoms with Gasteiger partial charge in [0.15, 0.2) is 11.0 Å². The molecule has 0 spiro atoms. The average Bonchev–Trinajstić information content (AvgIpc) is 2.84. The van der Waals surface area contributed by atoms with Crippen molar-refractivity contribution in [2.75, 3.05) is 11.9 Å². The Morgan fingerprint density at radius 1 is 1.43 bits per heavy atom. The van der Waals surface area contributed by atoms with Crippen molar-refractivity contribution in [2.24, 2.45) is 11.8 Å². The van der Waals surface area contributed by atoms with Crippen molar-refractivity contribution >= 4 is 29.0 Å². The number of halogens is 2. The second-order valence-corrected chi connectivity index (χ2v) is 4.27. The summed E-state index contributed by atoms with van der Waals surface area (Å²) in [6.07, 6.45) is 1.26. The van der Waals surface area contributed by atoms with Crippen molar-refractivity contribution in [1.82, 2.24) is 15.2 Å². The molecule has 2 atom stereocenters. The molecular weight excluding hydrogens is 223 g/mol. The van der Waals surface area contributed by atoms with Gasteiger partial charge in [0.1, 0.15) is 0 Å². The maximum atomic E-state index is 5.78. The third kappa shape index (κ3) is 2.25. The van der Waals surface area contributed by atoms with Crippen LogP contribution in [0.5, 0.6) is 0 Å². The van der Waals surface area contributed by atoms with Gasteiger partial charge in [0.25, 0.3) is 0 Å². The lowest BCUT2D eigenvalue weighted by Gasteiger charge is -2.04. The van der Waals surface area contributed by atoms with Crippen molar-refractivity contribution in [3.63, 3.8) is 0 Å². The van der Waals surface area contributed by atoms with Crippen LogP contribution in [0.25, 0.3) is 0 Å². The molecule has 0 bridgehead atoms. The predicted molar refractivity (Wildman–Crippen MR) is 55.6 cm³/mol. The summed E-state index contributed by atoms with van der Waals surface area (Å²) in [4.78, 5) is 3.95. The number of anilines is 1. The van der Waals surface area contributed by atoms with Crippen molar-refractivity contribution in [3.8, 4) is 0 Å². The Morgan fingerprint density at radius 3 is 2.79 bits per heavy atom. The normalized spacial score (nSPS) is 24.8. The molecule has 0 saturated heterocycles. The summed E-state index contributed by atoms with van der Waals surface area (Å²) in [5.74, 6) is 2.04. The highest BCUT2D eigenvalue weighted by Gasteiger charge is 2.32. The minimum Gasteiger partial charge on any atom is -0.367 e. The van der Waals surface area contributed by atoms with Gasteiger partial charge in [-0.2, -0.15) is 4.98 Å². The van der Waals surface area contributed by atoms with Gasteiger partial charge < -0.3 is 5.32 Å². The number of hydrogen-bond donors (Lipinski definition) is 1. The van der Waals surface area contributed by atoms with Crippen molar-refractivity contribution in [1.29, 1.82) is 0 Å². The molecule has 14 heavy (non-hydrogen) atoms. The predicted octanol–water partition coefficient (Wildman–Crippen LogP) is 2.25. The molecule has 76 valence electrons. The maximum absolute atomic E-state index is 5.78. The summed E-state index contributed by atoms with van der Waals surface area (Å²) in [6.45, 7) is 3.09. The van der Waals surface area contributed by atoms with E-state index in [2.05, 4.69) is 27.4 Å². The Morgan fingerprint density at radius 2 is 2.14 bits per heavy atom. The number of hydrogen-bond acceptors (Lipinski definition) is 4. The number of aromatic nitrogens is 3. The van der Waals surface area contributed by atoms with Gasteiger partial charge in [0.2, 0.25) is 5.28 Å². The summed E-state index contributed by atoms with van der Waals surface area (Å²) in [7, 11) is 0. The van der Waals surface area contributed by atoms with Gasteiger partial charge in [-0.3, -0.25) is 0 Å². The first-order valence-electron chi connectivity index (χ1n) is 4.46. The van der Waals surface area contributed by atoms with E-state index in [0.717, 1.165) is 18.4 Å². The number of nitrogens with zero attached hydrogens (tertiary/aromatic N) is 3. The third-order valence-electron chi connectivity index (χ3n) is 2.43. The second-order valence-electron chi connectivity index (χ2n) is 3.57. The van der Waals surface area contributed by atoms with Crippen LogP contribution in [-0.2, 0) is 0 Å². The van der Waals surface area contributed by atoms with Gasteiger partial charge in [-0.1, -0.05) is 18.5 Å². The monoisotopic (exact) mass is 232 g/mol. The van der Waals surface area contributed by atoms with E-state index >= 15 is 0 Å². The molecule has 4 nitrogen and oxygen atoms in total. The Kier molecular flexibility index (Phi) is 2.74. The molecular formula is C8H10Cl2N4. The van der Waals surface area contributed by atoms with Gasteiger partial charge in [-0.25, -0.2) is 0 Å². The smallest absolute Gasteiger partial charge is 0.245 e. The molecule has 6 heteroatoms. The SMILES string of the molecule is CC1CC1CNc1nc(Cl)nnc1Cl. The Bertz CT molecular complexity index is 344. The Balaban J connectivity index is 1.97. The van der Waals surface area contributed by atoms with E-state index in [4.69, 9.17) is 23.2 Å². The fraction of sp³-hybridized carbons (Fsp3) is 0.625. The molecule has 0 aliphatic heterocycles. The molecule has 1 saturated carbocycles. The van der Waals surface area contributed by atoms with Crippen molar-refractivity contribution < 1.29 is 0 Å². The van der Waals surface area contributed by atoms with Crippen LogP contribution < -0.4 is 5.32 Å². The zero-order valence-corrected chi connectivity index (χ0v) is 9.18. The average molecular weight is 233 g/mol. The first-order valence-corrected chi connectivity index (χ1v) is 5.22.